The van der Waals surface area contributed by atoms with Crippen molar-refractivity contribution in [2.45, 2.75) is 31.7 Å². The number of anilines is 2. The van der Waals surface area contributed by atoms with Crippen molar-refractivity contribution in [2.24, 2.45) is 0 Å². The van der Waals surface area contributed by atoms with Gasteiger partial charge in [-0.2, -0.15) is 0 Å². The summed E-state index contributed by atoms with van der Waals surface area (Å²) >= 11 is 0. The standard InChI is InChI=1S/C15H25N5/c1-18(2)13-6-5-9-20(11-13)15-10-14(16-12-17-15)19-7-3-4-8-19/h10,12-13H,3-9,11H2,1-2H3. The lowest BCUT2D eigenvalue weighted by atomic mass is 10.1. The Morgan fingerprint density at radius 3 is 2.35 bits per heavy atom. The molecule has 2 fully saturated rings. The molecule has 0 N–H and O–H groups in total. The molecule has 5 nitrogen and oxygen atoms in total. The van der Waals surface area contributed by atoms with E-state index in [-0.39, 0.29) is 0 Å². The average molecular weight is 275 g/mol. The Morgan fingerprint density at radius 1 is 1.00 bits per heavy atom. The van der Waals surface area contributed by atoms with E-state index < -0.39 is 0 Å². The monoisotopic (exact) mass is 275 g/mol. The van der Waals surface area contributed by atoms with E-state index in [2.05, 4.69) is 44.8 Å². The lowest BCUT2D eigenvalue weighted by Crippen LogP contribution is -2.45. The Hall–Kier alpha value is -1.36. The second kappa shape index (κ2) is 5.95. The third-order valence-corrected chi connectivity index (χ3v) is 4.52. The van der Waals surface area contributed by atoms with Gasteiger partial charge in [0.15, 0.2) is 0 Å². The van der Waals surface area contributed by atoms with Gasteiger partial charge in [-0.05, 0) is 39.8 Å². The van der Waals surface area contributed by atoms with Crippen molar-refractivity contribution in [3.05, 3.63) is 12.4 Å². The van der Waals surface area contributed by atoms with E-state index in [1.165, 1.54) is 25.7 Å². The van der Waals surface area contributed by atoms with Crippen LogP contribution in [-0.2, 0) is 0 Å². The first-order valence-corrected chi connectivity index (χ1v) is 7.72. The molecule has 0 spiro atoms. The number of hydrogen-bond donors (Lipinski definition) is 0. The van der Waals surface area contributed by atoms with Gasteiger partial charge in [-0.25, -0.2) is 9.97 Å². The summed E-state index contributed by atoms with van der Waals surface area (Å²) in [5.74, 6) is 2.19. The fourth-order valence-corrected chi connectivity index (χ4v) is 3.21. The zero-order valence-corrected chi connectivity index (χ0v) is 12.6. The van der Waals surface area contributed by atoms with Gasteiger partial charge in [0.1, 0.15) is 18.0 Å². The van der Waals surface area contributed by atoms with Gasteiger partial charge in [-0.3, -0.25) is 0 Å². The first kappa shape index (κ1) is 13.6. The van der Waals surface area contributed by atoms with Crippen LogP contribution in [0, 0.1) is 0 Å². The van der Waals surface area contributed by atoms with Crippen molar-refractivity contribution in [1.82, 2.24) is 14.9 Å². The molecule has 1 atom stereocenters. The molecule has 5 heteroatoms. The molecule has 3 heterocycles. The van der Waals surface area contributed by atoms with E-state index in [1.54, 1.807) is 6.33 Å². The van der Waals surface area contributed by atoms with Crippen LogP contribution in [0.4, 0.5) is 11.6 Å². The van der Waals surface area contributed by atoms with E-state index in [9.17, 15) is 0 Å². The van der Waals surface area contributed by atoms with Gasteiger partial charge in [0.05, 0.1) is 0 Å². The van der Waals surface area contributed by atoms with Crippen LogP contribution in [-0.4, -0.2) is 61.2 Å². The molecule has 2 saturated heterocycles. The minimum Gasteiger partial charge on any atom is -0.356 e. The number of nitrogens with zero attached hydrogens (tertiary/aromatic N) is 5. The van der Waals surface area contributed by atoms with Crippen molar-refractivity contribution < 1.29 is 0 Å². The molecule has 1 aromatic heterocycles. The molecule has 3 rings (SSSR count). The van der Waals surface area contributed by atoms with Crippen LogP contribution in [0.5, 0.6) is 0 Å². The van der Waals surface area contributed by atoms with Crippen LogP contribution in [0.1, 0.15) is 25.7 Å². The second-order valence-electron chi connectivity index (χ2n) is 6.13. The fourth-order valence-electron chi connectivity index (χ4n) is 3.21. The SMILES string of the molecule is CN(C)C1CCCN(c2cc(N3CCCC3)ncn2)C1. The predicted molar refractivity (Wildman–Crippen MR) is 82.4 cm³/mol. The number of hydrogen-bond acceptors (Lipinski definition) is 5. The van der Waals surface area contributed by atoms with Gasteiger partial charge in [-0.15, -0.1) is 0 Å². The quantitative estimate of drug-likeness (QED) is 0.837. The molecule has 0 bridgehead atoms. The molecule has 1 unspecified atom stereocenters. The molecule has 0 aromatic carbocycles. The van der Waals surface area contributed by atoms with E-state index in [4.69, 9.17) is 0 Å². The van der Waals surface area contributed by atoms with E-state index in [1.807, 2.05) is 0 Å². The van der Waals surface area contributed by atoms with Gasteiger partial charge in [0, 0.05) is 38.3 Å². The highest BCUT2D eigenvalue weighted by Crippen LogP contribution is 2.24. The predicted octanol–water partition coefficient (Wildman–Crippen LogP) is 1.61. The zero-order chi connectivity index (χ0) is 13.9. The molecular weight excluding hydrogens is 250 g/mol. The maximum atomic E-state index is 4.50. The Balaban J connectivity index is 1.74. The van der Waals surface area contributed by atoms with Crippen molar-refractivity contribution in [1.29, 1.82) is 0 Å². The van der Waals surface area contributed by atoms with Crippen LogP contribution in [0.15, 0.2) is 12.4 Å². The molecule has 0 radical (unpaired) electrons. The van der Waals surface area contributed by atoms with Crippen LogP contribution in [0.25, 0.3) is 0 Å². The van der Waals surface area contributed by atoms with Gasteiger partial charge in [-0.1, -0.05) is 0 Å². The van der Waals surface area contributed by atoms with E-state index in [0.717, 1.165) is 37.8 Å². The molecule has 1 aromatic rings. The van der Waals surface area contributed by atoms with Gasteiger partial charge in [0.25, 0.3) is 0 Å². The molecule has 2 aliphatic rings. The topological polar surface area (TPSA) is 35.5 Å². The lowest BCUT2D eigenvalue weighted by Gasteiger charge is -2.37. The Morgan fingerprint density at radius 2 is 1.65 bits per heavy atom. The molecule has 0 amide bonds. The summed E-state index contributed by atoms with van der Waals surface area (Å²) in [5.41, 5.74) is 0. The molecule has 0 saturated carbocycles. The number of aromatic nitrogens is 2. The first-order chi connectivity index (χ1) is 9.74. The Labute approximate surface area is 121 Å². The summed E-state index contributed by atoms with van der Waals surface area (Å²) in [5, 5.41) is 0. The summed E-state index contributed by atoms with van der Waals surface area (Å²) in [6.07, 6.45) is 6.82. The summed E-state index contributed by atoms with van der Waals surface area (Å²) in [4.78, 5) is 16.1. The average Bonchev–Trinajstić information content (AvgIpc) is 3.02. The fraction of sp³-hybridized carbons (Fsp3) is 0.733. The minimum atomic E-state index is 0.633. The van der Waals surface area contributed by atoms with E-state index >= 15 is 0 Å². The van der Waals surface area contributed by atoms with Crippen LogP contribution < -0.4 is 9.80 Å². The Bertz CT molecular complexity index is 442. The number of rotatable bonds is 3. The minimum absolute atomic E-state index is 0.633. The molecule has 2 aliphatic heterocycles. The third-order valence-electron chi connectivity index (χ3n) is 4.52. The van der Waals surface area contributed by atoms with Crippen molar-refractivity contribution in [3.63, 3.8) is 0 Å². The highest BCUT2D eigenvalue weighted by atomic mass is 15.3. The first-order valence-electron chi connectivity index (χ1n) is 7.72. The van der Waals surface area contributed by atoms with Gasteiger partial charge < -0.3 is 14.7 Å². The smallest absolute Gasteiger partial charge is 0.134 e. The molecular formula is C15H25N5. The van der Waals surface area contributed by atoms with Crippen LogP contribution in [0.2, 0.25) is 0 Å². The van der Waals surface area contributed by atoms with Crippen LogP contribution >= 0.6 is 0 Å². The highest BCUT2D eigenvalue weighted by Gasteiger charge is 2.23. The lowest BCUT2D eigenvalue weighted by molar-refractivity contribution is 0.257. The number of piperidine rings is 1. The van der Waals surface area contributed by atoms with E-state index in [0.29, 0.717) is 6.04 Å². The van der Waals surface area contributed by atoms with Gasteiger partial charge >= 0.3 is 0 Å². The third kappa shape index (κ3) is 2.87. The normalized spacial score (nSPS) is 23.6. The maximum Gasteiger partial charge on any atom is 0.134 e. The molecule has 110 valence electrons. The van der Waals surface area contributed by atoms with Crippen LogP contribution in [0.3, 0.4) is 0 Å². The van der Waals surface area contributed by atoms with Gasteiger partial charge in [0.2, 0.25) is 0 Å². The molecule has 20 heavy (non-hydrogen) atoms. The summed E-state index contributed by atoms with van der Waals surface area (Å²) < 4.78 is 0. The maximum absolute atomic E-state index is 4.50. The highest BCUT2D eigenvalue weighted by molar-refractivity contribution is 5.50. The number of likely N-dealkylation sites (N-methyl/N-ethyl adjacent to an activating group) is 1. The summed E-state index contributed by atoms with van der Waals surface area (Å²) in [6, 6.07) is 2.80. The second-order valence-corrected chi connectivity index (χ2v) is 6.13. The van der Waals surface area contributed by atoms with Crippen molar-refractivity contribution >= 4 is 11.6 Å². The summed E-state index contributed by atoms with van der Waals surface area (Å²) in [7, 11) is 4.34. The largest absolute Gasteiger partial charge is 0.356 e. The summed E-state index contributed by atoms with van der Waals surface area (Å²) in [6.45, 7) is 4.46. The van der Waals surface area contributed by atoms with Crippen molar-refractivity contribution in [3.8, 4) is 0 Å². The Kier molecular flexibility index (Phi) is 4.05. The zero-order valence-electron chi connectivity index (χ0n) is 12.6. The molecule has 0 aliphatic carbocycles. The van der Waals surface area contributed by atoms with Crippen molar-refractivity contribution in [2.75, 3.05) is 50.1 Å².